The van der Waals surface area contributed by atoms with Gasteiger partial charge in [-0.2, -0.15) is 0 Å². The summed E-state index contributed by atoms with van der Waals surface area (Å²) >= 11 is 0. The fourth-order valence-electron chi connectivity index (χ4n) is 3.56. The molecular formula is C23H29NO5S. The predicted octanol–water partition coefficient (Wildman–Crippen LogP) is 3.70. The smallest absolute Gasteiger partial charge is 0.254 e. The molecule has 1 aliphatic heterocycles. The lowest BCUT2D eigenvalue weighted by molar-refractivity contribution is 0.0681. The van der Waals surface area contributed by atoms with Crippen molar-refractivity contribution in [3.63, 3.8) is 0 Å². The quantitative estimate of drug-likeness (QED) is 0.637. The summed E-state index contributed by atoms with van der Waals surface area (Å²) in [4.78, 5) is 15.0. The number of rotatable bonds is 8. The van der Waals surface area contributed by atoms with Crippen LogP contribution in [0.15, 0.2) is 48.5 Å². The van der Waals surface area contributed by atoms with Gasteiger partial charge < -0.3 is 14.4 Å². The zero-order valence-corrected chi connectivity index (χ0v) is 18.5. The van der Waals surface area contributed by atoms with Crippen LogP contribution in [0, 0.1) is 0 Å². The molecule has 1 amide bonds. The first kappa shape index (κ1) is 22.2. The standard InChI is InChI=1S/C23H29NO5S/c1-4-28-21-9-5-18(6-10-21)15-24(20-13-14-30(26,27)16-20)23(25)19-7-11-22(12-8-19)29-17(2)3/h5-12,17,20H,4,13-16H2,1-3H3/t20-/m1/s1. The molecule has 1 atom stereocenters. The molecule has 0 saturated carbocycles. The molecule has 0 spiro atoms. The van der Waals surface area contributed by atoms with Gasteiger partial charge in [-0.15, -0.1) is 0 Å². The number of benzene rings is 2. The molecule has 7 heteroatoms. The lowest BCUT2D eigenvalue weighted by atomic mass is 10.1. The minimum Gasteiger partial charge on any atom is -0.494 e. The number of carbonyl (C=O) groups is 1. The molecule has 0 N–H and O–H groups in total. The molecule has 3 rings (SSSR count). The fourth-order valence-corrected chi connectivity index (χ4v) is 5.29. The highest BCUT2D eigenvalue weighted by Gasteiger charge is 2.35. The number of carbonyl (C=O) groups excluding carboxylic acids is 1. The molecule has 162 valence electrons. The maximum absolute atomic E-state index is 13.3. The number of hydrogen-bond donors (Lipinski definition) is 0. The van der Waals surface area contributed by atoms with Gasteiger partial charge in [0.1, 0.15) is 11.5 Å². The highest BCUT2D eigenvalue weighted by atomic mass is 32.2. The van der Waals surface area contributed by atoms with Crippen molar-refractivity contribution >= 4 is 15.7 Å². The van der Waals surface area contributed by atoms with E-state index in [1.807, 2.05) is 45.0 Å². The molecule has 1 fully saturated rings. The molecule has 1 saturated heterocycles. The molecule has 2 aromatic rings. The summed E-state index contributed by atoms with van der Waals surface area (Å²) in [6.45, 7) is 6.73. The third-order valence-corrected chi connectivity index (χ3v) is 6.72. The second kappa shape index (κ2) is 9.51. The second-order valence-corrected chi connectivity index (χ2v) is 9.99. The molecular weight excluding hydrogens is 402 g/mol. The highest BCUT2D eigenvalue weighted by molar-refractivity contribution is 7.91. The number of sulfone groups is 1. The first-order chi connectivity index (χ1) is 14.3. The molecule has 0 aromatic heterocycles. The van der Waals surface area contributed by atoms with Crippen LogP contribution in [0.2, 0.25) is 0 Å². The Morgan fingerprint density at radius 1 is 1.07 bits per heavy atom. The monoisotopic (exact) mass is 431 g/mol. The van der Waals surface area contributed by atoms with Crippen molar-refractivity contribution in [2.24, 2.45) is 0 Å². The van der Waals surface area contributed by atoms with E-state index in [0.717, 1.165) is 11.3 Å². The lowest BCUT2D eigenvalue weighted by Crippen LogP contribution is -2.40. The maximum atomic E-state index is 13.3. The van der Waals surface area contributed by atoms with Crippen LogP contribution >= 0.6 is 0 Å². The SMILES string of the molecule is CCOc1ccc(CN(C(=O)c2ccc(OC(C)C)cc2)[C@@H]2CCS(=O)(=O)C2)cc1. The van der Waals surface area contributed by atoms with Gasteiger partial charge >= 0.3 is 0 Å². The predicted molar refractivity (Wildman–Crippen MR) is 117 cm³/mol. The van der Waals surface area contributed by atoms with E-state index in [0.29, 0.717) is 30.9 Å². The number of ether oxygens (including phenoxy) is 2. The zero-order chi connectivity index (χ0) is 21.7. The molecule has 1 heterocycles. The van der Waals surface area contributed by atoms with Gasteiger partial charge in [-0.1, -0.05) is 12.1 Å². The van der Waals surface area contributed by atoms with Gasteiger partial charge in [0.05, 0.1) is 24.2 Å². The first-order valence-electron chi connectivity index (χ1n) is 10.3. The molecule has 0 unspecified atom stereocenters. The average molecular weight is 432 g/mol. The summed E-state index contributed by atoms with van der Waals surface area (Å²) in [6.07, 6.45) is 0.506. The minimum absolute atomic E-state index is 0.00428. The van der Waals surface area contributed by atoms with Crippen molar-refractivity contribution in [2.75, 3.05) is 18.1 Å². The van der Waals surface area contributed by atoms with Crippen LogP contribution in [0.1, 0.15) is 43.1 Å². The Hall–Kier alpha value is -2.54. The van der Waals surface area contributed by atoms with Crippen LogP contribution in [0.5, 0.6) is 11.5 Å². The van der Waals surface area contributed by atoms with Gasteiger partial charge in [0, 0.05) is 18.2 Å². The van der Waals surface area contributed by atoms with Gasteiger partial charge in [-0.3, -0.25) is 4.79 Å². The maximum Gasteiger partial charge on any atom is 0.254 e. The van der Waals surface area contributed by atoms with Crippen molar-refractivity contribution in [3.8, 4) is 11.5 Å². The van der Waals surface area contributed by atoms with Crippen LogP contribution < -0.4 is 9.47 Å². The van der Waals surface area contributed by atoms with E-state index in [-0.39, 0.29) is 29.6 Å². The largest absolute Gasteiger partial charge is 0.494 e. The Balaban J connectivity index is 1.82. The van der Waals surface area contributed by atoms with Gasteiger partial charge in [0.15, 0.2) is 9.84 Å². The Bertz CT molecular complexity index is 952. The summed E-state index contributed by atoms with van der Waals surface area (Å²) in [5.74, 6) is 1.41. The zero-order valence-electron chi connectivity index (χ0n) is 17.7. The van der Waals surface area contributed by atoms with Crippen LogP contribution in [0.25, 0.3) is 0 Å². The van der Waals surface area contributed by atoms with Crippen molar-refractivity contribution in [2.45, 2.75) is 45.9 Å². The summed E-state index contributed by atoms with van der Waals surface area (Å²) in [5, 5.41) is 0. The number of amides is 1. The van der Waals surface area contributed by atoms with Crippen molar-refractivity contribution in [1.29, 1.82) is 0 Å². The van der Waals surface area contributed by atoms with E-state index in [1.165, 1.54) is 0 Å². The fraction of sp³-hybridized carbons (Fsp3) is 0.435. The topological polar surface area (TPSA) is 72.9 Å². The Morgan fingerprint density at radius 2 is 1.70 bits per heavy atom. The number of hydrogen-bond acceptors (Lipinski definition) is 5. The molecule has 0 radical (unpaired) electrons. The number of nitrogens with zero attached hydrogens (tertiary/aromatic N) is 1. The minimum atomic E-state index is -3.12. The van der Waals surface area contributed by atoms with E-state index in [9.17, 15) is 13.2 Å². The molecule has 2 aromatic carbocycles. The first-order valence-corrected chi connectivity index (χ1v) is 12.1. The molecule has 6 nitrogen and oxygen atoms in total. The second-order valence-electron chi connectivity index (χ2n) is 7.76. The third kappa shape index (κ3) is 5.75. The summed E-state index contributed by atoms with van der Waals surface area (Å²) in [6, 6.07) is 14.2. The Labute approximate surface area is 178 Å². The Kier molecular flexibility index (Phi) is 7.02. The summed E-state index contributed by atoms with van der Waals surface area (Å²) in [5.41, 5.74) is 1.44. The van der Waals surface area contributed by atoms with Crippen molar-refractivity contribution < 1.29 is 22.7 Å². The van der Waals surface area contributed by atoms with E-state index < -0.39 is 9.84 Å². The van der Waals surface area contributed by atoms with E-state index in [1.54, 1.807) is 29.2 Å². The normalized spacial score (nSPS) is 17.7. The molecule has 0 aliphatic carbocycles. The third-order valence-electron chi connectivity index (χ3n) is 4.97. The van der Waals surface area contributed by atoms with Crippen LogP contribution in [0.3, 0.4) is 0 Å². The van der Waals surface area contributed by atoms with Gasteiger partial charge in [0.2, 0.25) is 0 Å². The van der Waals surface area contributed by atoms with Crippen LogP contribution in [0.4, 0.5) is 0 Å². The van der Waals surface area contributed by atoms with E-state index >= 15 is 0 Å². The lowest BCUT2D eigenvalue weighted by Gasteiger charge is -2.28. The van der Waals surface area contributed by atoms with Crippen molar-refractivity contribution in [3.05, 3.63) is 59.7 Å². The average Bonchev–Trinajstić information content (AvgIpc) is 3.07. The highest BCUT2D eigenvalue weighted by Crippen LogP contribution is 2.24. The van der Waals surface area contributed by atoms with Crippen LogP contribution in [-0.4, -0.2) is 49.5 Å². The molecule has 0 bridgehead atoms. The summed E-state index contributed by atoms with van der Waals surface area (Å²) < 4.78 is 35.2. The van der Waals surface area contributed by atoms with Gasteiger partial charge in [0.25, 0.3) is 5.91 Å². The summed E-state index contributed by atoms with van der Waals surface area (Å²) in [7, 11) is -3.12. The molecule has 30 heavy (non-hydrogen) atoms. The van der Waals surface area contributed by atoms with Gasteiger partial charge in [-0.05, 0) is 69.2 Å². The Morgan fingerprint density at radius 3 is 2.23 bits per heavy atom. The molecule has 1 aliphatic rings. The van der Waals surface area contributed by atoms with Gasteiger partial charge in [-0.25, -0.2) is 8.42 Å². The van der Waals surface area contributed by atoms with Crippen LogP contribution in [-0.2, 0) is 16.4 Å². The van der Waals surface area contributed by atoms with E-state index in [4.69, 9.17) is 9.47 Å². The van der Waals surface area contributed by atoms with Crippen molar-refractivity contribution in [1.82, 2.24) is 4.90 Å². The van der Waals surface area contributed by atoms with E-state index in [2.05, 4.69) is 0 Å².